The van der Waals surface area contributed by atoms with Gasteiger partial charge in [-0.3, -0.25) is 0 Å². The van der Waals surface area contributed by atoms with Crippen molar-refractivity contribution in [2.24, 2.45) is 0 Å². The lowest BCUT2D eigenvalue weighted by Crippen LogP contribution is -2.23. The Morgan fingerprint density at radius 1 is 0.247 bits per heavy atom. The molecule has 3 heterocycles. The van der Waals surface area contributed by atoms with Crippen molar-refractivity contribution in [2.75, 3.05) is 4.90 Å². The predicted molar refractivity (Wildman–Crippen MR) is 414 cm³/mol. The topological polar surface area (TPSA) is 41.9 Å². The van der Waals surface area contributed by atoms with E-state index in [-0.39, 0.29) is 16.2 Å². The molecule has 0 saturated heterocycles. The van der Waals surface area contributed by atoms with Crippen molar-refractivity contribution in [1.29, 1.82) is 0 Å². The zero-order chi connectivity index (χ0) is 65.3. The Bertz CT molecular complexity index is 4970. The normalized spacial score (nSPS) is 14.2. The largest absolute Gasteiger partial charge is 0.311 e. The summed E-state index contributed by atoms with van der Waals surface area (Å²) >= 11 is 5.35. The van der Waals surface area contributed by atoms with Gasteiger partial charge in [0, 0.05) is 50.0 Å². The van der Waals surface area contributed by atoms with Crippen LogP contribution in [0.1, 0.15) is 113 Å². The Labute approximate surface area is 580 Å². The van der Waals surface area contributed by atoms with Crippen LogP contribution in [0.4, 0.5) is 17.1 Å². The highest BCUT2D eigenvalue weighted by Gasteiger charge is 2.44. The lowest BCUT2D eigenvalue weighted by Gasteiger charge is -2.30. The van der Waals surface area contributed by atoms with Crippen molar-refractivity contribution in [3.8, 4) is 98.5 Å². The van der Waals surface area contributed by atoms with Crippen molar-refractivity contribution in [3.05, 3.63) is 288 Å². The fourth-order valence-electron chi connectivity index (χ4n) is 17.3. The number of rotatable bonds is 15. The summed E-state index contributed by atoms with van der Waals surface area (Å²) in [5.41, 5.74) is 33.7. The Morgan fingerprint density at radius 2 is 0.464 bits per heavy atom. The molecule has 0 amide bonds. The number of hydrogen-bond acceptors (Lipinski definition) is 7. The number of benzene rings is 12. The van der Waals surface area contributed by atoms with Gasteiger partial charge in [0.25, 0.3) is 0 Å². The number of fused-ring (bicyclic) bond motifs is 12. The zero-order valence-corrected chi connectivity index (χ0v) is 58.0. The van der Waals surface area contributed by atoms with Gasteiger partial charge in [0.15, 0.2) is 0 Å². The summed E-state index contributed by atoms with van der Waals surface area (Å²) in [6.07, 6.45) is 6.08. The summed E-state index contributed by atoms with van der Waals surface area (Å²) in [6.45, 7) is 14.2. The van der Waals surface area contributed by atoms with E-state index in [2.05, 4.69) is 301 Å². The fraction of sp³-hybridized carbons (Fsp3) is 0.167. The molecule has 0 atom stereocenters. The molecule has 0 aliphatic heterocycles. The molecule has 0 unspecified atom stereocenters. The minimum atomic E-state index is -0.104. The Kier molecular flexibility index (Phi) is 14.2. The molecule has 3 aromatic heterocycles. The Hall–Kier alpha value is -9.89. The highest BCUT2D eigenvalue weighted by atomic mass is 32.1. The third kappa shape index (κ3) is 9.22. The van der Waals surface area contributed by atoms with Gasteiger partial charge in [0.1, 0.15) is 15.0 Å². The van der Waals surface area contributed by atoms with E-state index >= 15 is 0 Å². The fourth-order valence-corrected chi connectivity index (χ4v) is 20.2. The van der Waals surface area contributed by atoms with Crippen molar-refractivity contribution >= 4 is 81.7 Å². The standard InChI is InChI=1S/C90H72N4S3/c1-7-88(8-2)73-49-58(31-43-67(73)70-46-34-61(52-76(70)88)85-91-79-19-13-16-22-82(79)95-85)55-25-37-64(38-26-55)94(65-39-27-56(28-40-65)59-32-44-68-71-47-35-62(86-92-80-20-14-17-23-83(80)96-86)53-77(71)89(9-3,10-4)74(68)50-59)66-41-29-57(30-42-66)60-33-45-69-72-48-36-63(87-93-81-21-15-18-24-84(81)97-87)54-78(72)90(11-5,12-6)75(69)51-60/h13-54H,7-12H2,1-6H3. The van der Waals surface area contributed by atoms with Crippen LogP contribution in [0.25, 0.3) is 129 Å². The van der Waals surface area contributed by atoms with Gasteiger partial charge in [-0.25, -0.2) is 15.0 Å². The molecule has 3 aliphatic carbocycles. The first-order valence-electron chi connectivity index (χ1n) is 34.7. The highest BCUT2D eigenvalue weighted by molar-refractivity contribution is 7.22. The number of aromatic nitrogens is 3. The third-order valence-electron chi connectivity index (χ3n) is 22.7. The first-order chi connectivity index (χ1) is 47.6. The number of anilines is 3. The summed E-state index contributed by atoms with van der Waals surface area (Å²) in [5, 5.41) is 3.24. The average Bonchev–Trinajstić information content (AvgIpc) is 1.58. The van der Waals surface area contributed by atoms with Crippen LogP contribution in [-0.2, 0) is 16.2 Å². The molecule has 4 nitrogen and oxygen atoms in total. The molecule has 0 bridgehead atoms. The minimum Gasteiger partial charge on any atom is -0.311 e. The van der Waals surface area contributed by atoms with Crippen LogP contribution in [0.5, 0.6) is 0 Å². The van der Waals surface area contributed by atoms with Crippen LogP contribution in [0.3, 0.4) is 0 Å². The molecule has 15 aromatic rings. The number of nitrogens with zero attached hydrogens (tertiary/aromatic N) is 4. The van der Waals surface area contributed by atoms with Crippen molar-refractivity contribution in [2.45, 2.75) is 96.3 Å². The molecule has 0 fully saturated rings. The van der Waals surface area contributed by atoms with Gasteiger partial charge in [0.05, 0.1) is 30.6 Å². The minimum absolute atomic E-state index is 0.104. The summed E-state index contributed by atoms with van der Waals surface area (Å²) in [5.74, 6) is 0. The first-order valence-corrected chi connectivity index (χ1v) is 37.2. The second-order valence-corrected chi connectivity index (χ2v) is 30.0. The Balaban J connectivity index is 0.689. The predicted octanol–water partition coefficient (Wildman–Crippen LogP) is 26.2. The van der Waals surface area contributed by atoms with Gasteiger partial charge < -0.3 is 4.90 Å². The van der Waals surface area contributed by atoms with E-state index in [0.29, 0.717) is 0 Å². The highest BCUT2D eigenvalue weighted by Crippen LogP contribution is 2.58. The summed E-state index contributed by atoms with van der Waals surface area (Å²) in [6, 6.07) is 96.3. The van der Waals surface area contributed by atoms with E-state index in [1.54, 1.807) is 34.0 Å². The second kappa shape index (κ2) is 23.2. The lowest BCUT2D eigenvalue weighted by molar-refractivity contribution is 0.491. The van der Waals surface area contributed by atoms with Gasteiger partial charge in [-0.15, -0.1) is 34.0 Å². The van der Waals surface area contributed by atoms with Crippen LogP contribution >= 0.6 is 34.0 Å². The molecule has 97 heavy (non-hydrogen) atoms. The summed E-state index contributed by atoms with van der Waals surface area (Å²) < 4.78 is 3.67. The number of hydrogen-bond donors (Lipinski definition) is 0. The van der Waals surface area contributed by atoms with Crippen molar-refractivity contribution in [3.63, 3.8) is 0 Å². The van der Waals surface area contributed by atoms with E-state index in [1.807, 2.05) is 0 Å². The first kappa shape index (κ1) is 59.6. The maximum Gasteiger partial charge on any atom is 0.124 e. The second-order valence-electron chi connectivity index (χ2n) is 26.9. The van der Waals surface area contributed by atoms with E-state index in [1.165, 1.54) is 131 Å². The molecule has 470 valence electrons. The van der Waals surface area contributed by atoms with Gasteiger partial charge in [-0.2, -0.15) is 0 Å². The van der Waals surface area contributed by atoms with Crippen molar-refractivity contribution < 1.29 is 0 Å². The van der Waals surface area contributed by atoms with E-state index in [4.69, 9.17) is 15.0 Å². The maximum atomic E-state index is 5.09. The lowest BCUT2D eigenvalue weighted by atomic mass is 9.73. The van der Waals surface area contributed by atoms with Gasteiger partial charge >= 0.3 is 0 Å². The molecule has 7 heteroatoms. The molecule has 12 aromatic carbocycles. The SMILES string of the molecule is CCC1(CC)c2cc(-c3ccc(N(c4ccc(-c5ccc6c(c5)C(CC)(CC)c5cc(-c7nc8ccccc8s7)ccc5-6)cc4)c4ccc(-c5ccc6c(c5)C(CC)(CC)c5cc(-c7nc8ccccc8s7)ccc5-6)cc4)cc3)ccc2-c2ccc(-c3nc4ccccc4s3)cc21. The van der Waals surface area contributed by atoms with Crippen LogP contribution in [-0.4, -0.2) is 15.0 Å². The monoisotopic (exact) mass is 1300 g/mol. The quantitative estimate of drug-likeness (QED) is 0.103. The molecule has 0 spiro atoms. The van der Waals surface area contributed by atoms with Gasteiger partial charge in [-0.1, -0.05) is 187 Å². The van der Waals surface area contributed by atoms with Crippen LogP contribution in [0, 0.1) is 0 Å². The summed E-state index contributed by atoms with van der Waals surface area (Å²) in [7, 11) is 0. The molecule has 0 N–H and O–H groups in total. The molecule has 0 radical (unpaired) electrons. The maximum absolute atomic E-state index is 5.09. The zero-order valence-electron chi connectivity index (χ0n) is 55.5. The van der Waals surface area contributed by atoms with Crippen molar-refractivity contribution in [1.82, 2.24) is 15.0 Å². The van der Waals surface area contributed by atoms with Crippen LogP contribution in [0.2, 0.25) is 0 Å². The van der Waals surface area contributed by atoms with Gasteiger partial charge in [0.2, 0.25) is 0 Å². The molecular weight excluding hydrogens is 1230 g/mol. The smallest absolute Gasteiger partial charge is 0.124 e. The molecule has 18 rings (SSSR count). The molecular formula is C90H72N4S3. The van der Waals surface area contributed by atoms with Crippen LogP contribution in [0.15, 0.2) is 255 Å². The third-order valence-corrected chi connectivity index (χ3v) is 26.0. The molecule has 3 aliphatic rings. The molecule has 0 saturated carbocycles. The summed E-state index contributed by atoms with van der Waals surface area (Å²) in [4.78, 5) is 17.7. The number of thiazole rings is 3. The van der Waals surface area contributed by atoms with E-state index < -0.39 is 0 Å². The van der Waals surface area contributed by atoms with Gasteiger partial charge in [-0.05, 0) is 248 Å². The van der Waals surface area contributed by atoms with Crippen LogP contribution < -0.4 is 4.90 Å². The van der Waals surface area contributed by atoms with E-state index in [0.717, 1.165) is 87.2 Å². The number of para-hydroxylation sites is 3. The Morgan fingerprint density at radius 3 is 0.701 bits per heavy atom. The van der Waals surface area contributed by atoms with E-state index in [9.17, 15) is 0 Å². The average molecular weight is 1310 g/mol.